The third kappa shape index (κ3) is 3.72. The minimum Gasteiger partial charge on any atom is -0.478 e. The molecule has 0 spiro atoms. The number of piperazine rings is 1. The number of rotatable bonds is 3. The lowest BCUT2D eigenvalue weighted by molar-refractivity contribution is -0.137. The third-order valence-electron chi connectivity index (χ3n) is 4.89. The van der Waals surface area contributed by atoms with E-state index in [2.05, 4.69) is 10.2 Å². The van der Waals surface area contributed by atoms with Crippen molar-refractivity contribution in [3.63, 3.8) is 0 Å². The lowest BCUT2D eigenvalue weighted by Crippen LogP contribution is -2.50. The zero-order valence-electron chi connectivity index (χ0n) is 14.7. The van der Waals surface area contributed by atoms with Crippen LogP contribution in [0.3, 0.4) is 0 Å². The molecule has 0 radical (unpaired) electrons. The maximum Gasteiger partial charge on any atom is 0.266 e. The van der Waals surface area contributed by atoms with Gasteiger partial charge in [-0.1, -0.05) is 12.1 Å². The zero-order chi connectivity index (χ0) is 18.8. The van der Waals surface area contributed by atoms with Gasteiger partial charge in [0.1, 0.15) is 11.6 Å². The Labute approximate surface area is 156 Å². The Balaban J connectivity index is 1.33. The second kappa shape index (κ2) is 7.26. The van der Waals surface area contributed by atoms with E-state index in [0.717, 1.165) is 5.69 Å². The molecule has 27 heavy (non-hydrogen) atoms. The first-order valence-corrected chi connectivity index (χ1v) is 8.95. The fourth-order valence-electron chi connectivity index (χ4n) is 3.38. The van der Waals surface area contributed by atoms with Crippen LogP contribution in [0.5, 0.6) is 5.75 Å². The van der Waals surface area contributed by atoms with Gasteiger partial charge in [-0.15, -0.1) is 0 Å². The standard InChI is InChI=1S/C20H20FN3O3/c21-14-5-7-15(8-6-14)23-9-11-24(12-10-23)19(25)13-18-20(26)22-16-3-1-2-4-17(16)27-18/h1-8,18H,9-13H2,(H,22,26)/t18-/m1/s1. The maximum atomic E-state index is 13.1. The minimum absolute atomic E-state index is 0.0106. The van der Waals surface area contributed by atoms with Crippen LogP contribution < -0.4 is 15.0 Å². The highest BCUT2D eigenvalue weighted by atomic mass is 19.1. The zero-order valence-corrected chi connectivity index (χ0v) is 14.7. The van der Waals surface area contributed by atoms with Crippen LogP contribution in [-0.4, -0.2) is 49.0 Å². The molecule has 0 unspecified atom stereocenters. The number of para-hydroxylation sites is 2. The van der Waals surface area contributed by atoms with E-state index in [-0.39, 0.29) is 24.1 Å². The molecule has 1 fully saturated rings. The van der Waals surface area contributed by atoms with E-state index in [1.54, 1.807) is 29.2 Å². The summed E-state index contributed by atoms with van der Waals surface area (Å²) in [6, 6.07) is 13.5. The first-order chi connectivity index (χ1) is 13.1. The number of nitrogens with one attached hydrogen (secondary N) is 1. The molecule has 2 aliphatic heterocycles. The lowest BCUT2D eigenvalue weighted by Gasteiger charge is -2.37. The van der Waals surface area contributed by atoms with E-state index in [1.807, 2.05) is 12.1 Å². The Morgan fingerprint density at radius 3 is 2.52 bits per heavy atom. The van der Waals surface area contributed by atoms with Crippen molar-refractivity contribution in [1.82, 2.24) is 4.90 Å². The van der Waals surface area contributed by atoms with E-state index in [9.17, 15) is 14.0 Å². The number of halogens is 1. The molecule has 0 bridgehead atoms. The van der Waals surface area contributed by atoms with E-state index >= 15 is 0 Å². The Bertz CT molecular complexity index is 848. The third-order valence-corrected chi connectivity index (χ3v) is 4.89. The summed E-state index contributed by atoms with van der Waals surface area (Å²) in [5, 5.41) is 2.78. The predicted octanol–water partition coefficient (Wildman–Crippen LogP) is 2.26. The van der Waals surface area contributed by atoms with E-state index < -0.39 is 6.10 Å². The van der Waals surface area contributed by atoms with Gasteiger partial charge in [-0.05, 0) is 36.4 Å². The van der Waals surface area contributed by atoms with E-state index in [0.29, 0.717) is 37.6 Å². The quantitative estimate of drug-likeness (QED) is 0.902. The van der Waals surface area contributed by atoms with Crippen LogP contribution in [0.25, 0.3) is 0 Å². The molecule has 0 aliphatic carbocycles. The summed E-state index contributed by atoms with van der Waals surface area (Å²) in [5.74, 6) is -0.0868. The highest BCUT2D eigenvalue weighted by molar-refractivity contribution is 5.99. The van der Waals surface area contributed by atoms with Gasteiger partial charge >= 0.3 is 0 Å². The second-order valence-corrected chi connectivity index (χ2v) is 6.64. The number of nitrogens with zero attached hydrogens (tertiary/aromatic N) is 2. The first kappa shape index (κ1) is 17.3. The van der Waals surface area contributed by atoms with Crippen LogP contribution >= 0.6 is 0 Å². The van der Waals surface area contributed by atoms with Gasteiger partial charge in [0, 0.05) is 31.9 Å². The number of carbonyl (C=O) groups is 2. The van der Waals surface area contributed by atoms with Gasteiger partial charge in [0.15, 0.2) is 6.10 Å². The normalized spacial score (nSPS) is 19.1. The van der Waals surface area contributed by atoms with Crippen molar-refractivity contribution in [1.29, 1.82) is 0 Å². The summed E-state index contributed by atoms with van der Waals surface area (Å²) in [6.07, 6.45) is -0.806. The molecule has 0 aromatic heterocycles. The number of anilines is 2. The summed E-state index contributed by atoms with van der Waals surface area (Å²) >= 11 is 0. The van der Waals surface area contributed by atoms with Crippen molar-refractivity contribution in [2.75, 3.05) is 36.4 Å². The van der Waals surface area contributed by atoms with Crippen molar-refractivity contribution in [2.24, 2.45) is 0 Å². The van der Waals surface area contributed by atoms with E-state index in [4.69, 9.17) is 4.74 Å². The molecule has 2 amide bonds. The molecular weight excluding hydrogens is 349 g/mol. The minimum atomic E-state index is -0.817. The maximum absolute atomic E-state index is 13.1. The predicted molar refractivity (Wildman–Crippen MR) is 99.3 cm³/mol. The molecule has 2 heterocycles. The van der Waals surface area contributed by atoms with Gasteiger partial charge in [0.05, 0.1) is 12.1 Å². The summed E-state index contributed by atoms with van der Waals surface area (Å²) in [4.78, 5) is 28.7. The molecule has 6 nitrogen and oxygen atoms in total. The van der Waals surface area contributed by atoms with Crippen LogP contribution in [0.15, 0.2) is 48.5 Å². The van der Waals surface area contributed by atoms with Gasteiger partial charge in [-0.25, -0.2) is 4.39 Å². The lowest BCUT2D eigenvalue weighted by atomic mass is 10.1. The molecule has 7 heteroatoms. The SMILES string of the molecule is O=C1Nc2ccccc2O[C@@H]1CC(=O)N1CCN(c2ccc(F)cc2)CC1. The van der Waals surface area contributed by atoms with Crippen LogP contribution in [0, 0.1) is 5.82 Å². The smallest absolute Gasteiger partial charge is 0.266 e. The van der Waals surface area contributed by atoms with Gasteiger partial charge < -0.3 is 19.9 Å². The summed E-state index contributed by atoms with van der Waals surface area (Å²) in [7, 11) is 0. The van der Waals surface area contributed by atoms with Crippen LogP contribution in [0.2, 0.25) is 0 Å². The summed E-state index contributed by atoms with van der Waals surface area (Å²) < 4.78 is 18.8. The number of carbonyl (C=O) groups excluding carboxylic acids is 2. The molecule has 140 valence electrons. The monoisotopic (exact) mass is 369 g/mol. The molecule has 2 aromatic carbocycles. The average Bonchev–Trinajstić information content (AvgIpc) is 2.69. The Morgan fingerprint density at radius 1 is 1.07 bits per heavy atom. The van der Waals surface area contributed by atoms with Crippen LogP contribution in [0.4, 0.5) is 15.8 Å². The van der Waals surface area contributed by atoms with Gasteiger partial charge in [-0.3, -0.25) is 9.59 Å². The van der Waals surface area contributed by atoms with Crippen molar-refractivity contribution in [3.8, 4) is 5.75 Å². The first-order valence-electron chi connectivity index (χ1n) is 8.95. The molecule has 1 saturated heterocycles. The summed E-state index contributed by atoms with van der Waals surface area (Å²) in [6.45, 7) is 2.44. The fourth-order valence-corrected chi connectivity index (χ4v) is 3.38. The Hall–Kier alpha value is -3.09. The molecule has 1 N–H and O–H groups in total. The summed E-state index contributed by atoms with van der Waals surface area (Å²) in [5.41, 5.74) is 1.56. The van der Waals surface area contributed by atoms with Gasteiger partial charge in [0.25, 0.3) is 5.91 Å². The number of ether oxygens (including phenoxy) is 1. The van der Waals surface area contributed by atoms with Gasteiger partial charge in [0.2, 0.25) is 5.91 Å². The van der Waals surface area contributed by atoms with Crippen molar-refractivity contribution >= 4 is 23.2 Å². The Morgan fingerprint density at radius 2 is 1.78 bits per heavy atom. The number of hydrogen-bond acceptors (Lipinski definition) is 4. The Kier molecular flexibility index (Phi) is 4.66. The molecular formula is C20H20FN3O3. The molecule has 0 saturated carbocycles. The van der Waals surface area contributed by atoms with Crippen LogP contribution in [-0.2, 0) is 9.59 Å². The van der Waals surface area contributed by atoms with Gasteiger partial charge in [-0.2, -0.15) is 0 Å². The van der Waals surface area contributed by atoms with Crippen molar-refractivity contribution in [2.45, 2.75) is 12.5 Å². The number of benzene rings is 2. The van der Waals surface area contributed by atoms with E-state index in [1.165, 1.54) is 12.1 Å². The van der Waals surface area contributed by atoms with Crippen molar-refractivity contribution in [3.05, 3.63) is 54.3 Å². The number of amides is 2. The molecule has 1 atom stereocenters. The average molecular weight is 369 g/mol. The molecule has 2 aromatic rings. The molecule has 4 rings (SSSR count). The largest absolute Gasteiger partial charge is 0.478 e. The van der Waals surface area contributed by atoms with Crippen molar-refractivity contribution < 1.29 is 18.7 Å². The topological polar surface area (TPSA) is 61.9 Å². The highest BCUT2D eigenvalue weighted by Gasteiger charge is 2.32. The van der Waals surface area contributed by atoms with Crippen LogP contribution in [0.1, 0.15) is 6.42 Å². The number of fused-ring (bicyclic) bond motifs is 1. The highest BCUT2D eigenvalue weighted by Crippen LogP contribution is 2.29. The fraction of sp³-hybridized carbons (Fsp3) is 0.300. The number of hydrogen-bond donors (Lipinski definition) is 1. The second-order valence-electron chi connectivity index (χ2n) is 6.64. The molecule has 2 aliphatic rings.